The van der Waals surface area contributed by atoms with E-state index in [1.165, 1.54) is 0 Å². The van der Waals surface area contributed by atoms with Gasteiger partial charge in [-0.3, -0.25) is 0 Å². The Hall–Kier alpha value is 0.347. The van der Waals surface area contributed by atoms with Gasteiger partial charge in [0, 0.05) is 39.9 Å². The number of aliphatic hydroxyl groups is 1. The van der Waals surface area contributed by atoms with Gasteiger partial charge in [-0.25, -0.2) is 0 Å². The van der Waals surface area contributed by atoms with Crippen molar-refractivity contribution in [2.24, 2.45) is 0 Å². The number of rotatable bonds is 6. The molecular weight excluding hydrogens is 224 g/mol. The summed E-state index contributed by atoms with van der Waals surface area (Å²) in [5.74, 6) is 0.616. The van der Waals surface area contributed by atoms with Crippen LogP contribution in [-0.2, 0) is 13.3 Å². The molecule has 0 aromatic rings. The molecule has 0 bridgehead atoms. The fraction of sp³-hybridized carbons (Fsp3) is 1.00. The monoisotopic (exact) mass is 244 g/mol. The van der Waals surface area contributed by atoms with Gasteiger partial charge in [0.05, 0.1) is 0 Å². The highest BCUT2D eigenvalue weighted by Crippen LogP contribution is 2.14. The van der Waals surface area contributed by atoms with Crippen LogP contribution in [0.5, 0.6) is 0 Å². The molecule has 0 fully saturated rings. The highest BCUT2D eigenvalue weighted by Gasteiger charge is 2.36. The Bertz CT molecular complexity index is 103. The van der Waals surface area contributed by atoms with Crippen LogP contribution in [0.15, 0.2) is 0 Å². The smallest absolute Gasteiger partial charge is 0.397 e. The van der Waals surface area contributed by atoms with Crippen LogP contribution in [0.1, 0.15) is 13.3 Å². The SMILES string of the molecule is CCO.CO[Si](CCCCl)(OC)OC. The van der Waals surface area contributed by atoms with E-state index < -0.39 is 8.80 Å². The summed E-state index contributed by atoms with van der Waals surface area (Å²) < 4.78 is 15.5. The van der Waals surface area contributed by atoms with Gasteiger partial charge in [0.2, 0.25) is 0 Å². The molecule has 0 radical (unpaired) electrons. The van der Waals surface area contributed by atoms with Gasteiger partial charge in [0.25, 0.3) is 0 Å². The van der Waals surface area contributed by atoms with Gasteiger partial charge >= 0.3 is 8.80 Å². The molecule has 0 aliphatic heterocycles. The van der Waals surface area contributed by atoms with Crippen molar-refractivity contribution in [3.8, 4) is 0 Å². The van der Waals surface area contributed by atoms with Crippen molar-refractivity contribution in [1.29, 1.82) is 0 Å². The van der Waals surface area contributed by atoms with Gasteiger partial charge in [-0.05, 0) is 13.3 Å². The fourth-order valence-corrected chi connectivity index (χ4v) is 2.92. The minimum Gasteiger partial charge on any atom is -0.397 e. The maximum absolute atomic E-state index is 7.57. The van der Waals surface area contributed by atoms with E-state index in [0.29, 0.717) is 5.88 Å². The van der Waals surface area contributed by atoms with Crippen LogP contribution in [0.25, 0.3) is 0 Å². The lowest BCUT2D eigenvalue weighted by atomic mass is 10.6. The maximum atomic E-state index is 7.57. The second kappa shape index (κ2) is 11.4. The Kier molecular flexibility index (Phi) is 13.7. The summed E-state index contributed by atoms with van der Waals surface area (Å²) in [6.45, 7) is 1.93. The number of hydrogen-bond donors (Lipinski definition) is 1. The first-order valence-electron chi connectivity index (χ1n) is 4.48. The predicted octanol–water partition coefficient (Wildman–Crippen LogP) is 1.49. The largest absolute Gasteiger partial charge is 0.500 e. The molecule has 14 heavy (non-hydrogen) atoms. The van der Waals surface area contributed by atoms with Crippen molar-refractivity contribution in [3.63, 3.8) is 0 Å². The summed E-state index contributed by atoms with van der Waals surface area (Å²) >= 11 is 5.53. The molecule has 0 amide bonds. The number of aliphatic hydroxyl groups excluding tert-OH is 1. The average molecular weight is 245 g/mol. The van der Waals surface area contributed by atoms with Crippen LogP contribution in [0.3, 0.4) is 0 Å². The van der Waals surface area contributed by atoms with Gasteiger partial charge < -0.3 is 18.4 Å². The Labute approximate surface area is 92.5 Å². The van der Waals surface area contributed by atoms with Gasteiger partial charge in [-0.1, -0.05) is 0 Å². The van der Waals surface area contributed by atoms with Gasteiger partial charge in [0.1, 0.15) is 0 Å². The summed E-state index contributed by atoms with van der Waals surface area (Å²) in [6.07, 6.45) is 0.864. The first-order chi connectivity index (χ1) is 6.66. The lowest BCUT2D eigenvalue weighted by molar-refractivity contribution is 0.123. The number of halogens is 1. The second-order valence-electron chi connectivity index (χ2n) is 2.40. The van der Waals surface area contributed by atoms with Gasteiger partial charge in [-0.2, -0.15) is 0 Å². The highest BCUT2D eigenvalue weighted by atomic mass is 35.5. The molecule has 0 rings (SSSR count). The van der Waals surface area contributed by atoms with Crippen molar-refractivity contribution in [2.75, 3.05) is 33.8 Å². The van der Waals surface area contributed by atoms with Crippen molar-refractivity contribution in [2.45, 2.75) is 19.4 Å². The molecule has 1 N–H and O–H groups in total. The average Bonchev–Trinajstić information content (AvgIpc) is 2.22. The van der Waals surface area contributed by atoms with Crippen LogP contribution in [-0.4, -0.2) is 47.7 Å². The van der Waals surface area contributed by atoms with Crippen molar-refractivity contribution in [3.05, 3.63) is 0 Å². The Balaban J connectivity index is 0. The molecule has 88 valence electrons. The van der Waals surface area contributed by atoms with E-state index in [9.17, 15) is 0 Å². The standard InChI is InChI=1S/C6H15ClO3Si.C2H6O/c1-8-11(9-2,10-3)6-4-5-7;1-2-3/h4-6H2,1-3H3;3H,2H2,1H3. The van der Waals surface area contributed by atoms with Gasteiger partial charge in [0.15, 0.2) is 0 Å². The summed E-state index contributed by atoms with van der Waals surface area (Å²) in [4.78, 5) is 0. The molecule has 0 heterocycles. The molecule has 0 spiro atoms. The Morgan fingerprint density at radius 3 is 1.71 bits per heavy atom. The second-order valence-corrected chi connectivity index (χ2v) is 5.87. The quantitative estimate of drug-likeness (QED) is 0.568. The lowest BCUT2D eigenvalue weighted by Gasteiger charge is -2.23. The third kappa shape index (κ3) is 7.72. The third-order valence-corrected chi connectivity index (χ3v) is 4.65. The van der Waals surface area contributed by atoms with E-state index in [0.717, 1.165) is 12.5 Å². The molecule has 0 aliphatic rings. The molecule has 0 atom stereocenters. The zero-order valence-corrected chi connectivity index (χ0v) is 11.1. The lowest BCUT2D eigenvalue weighted by Crippen LogP contribution is -2.42. The topological polar surface area (TPSA) is 47.9 Å². The molecular formula is C8H21ClO4Si. The van der Waals surface area contributed by atoms with E-state index in [4.69, 9.17) is 30.0 Å². The number of alkyl halides is 1. The minimum absolute atomic E-state index is 0.250. The van der Waals surface area contributed by atoms with E-state index in [1.54, 1.807) is 28.3 Å². The molecule has 0 aromatic heterocycles. The fourth-order valence-electron chi connectivity index (χ4n) is 0.840. The van der Waals surface area contributed by atoms with Crippen LogP contribution in [0, 0.1) is 0 Å². The maximum Gasteiger partial charge on any atom is 0.500 e. The van der Waals surface area contributed by atoms with E-state index >= 15 is 0 Å². The molecule has 6 heteroatoms. The first-order valence-corrected chi connectivity index (χ1v) is 6.95. The zero-order chi connectivity index (χ0) is 11.4. The minimum atomic E-state index is -2.32. The zero-order valence-electron chi connectivity index (χ0n) is 9.38. The third-order valence-electron chi connectivity index (χ3n) is 1.55. The molecule has 0 aromatic carbocycles. The summed E-state index contributed by atoms with van der Waals surface area (Å²) in [5.41, 5.74) is 0. The van der Waals surface area contributed by atoms with Crippen LogP contribution in [0.4, 0.5) is 0 Å². The Morgan fingerprint density at radius 1 is 1.14 bits per heavy atom. The Morgan fingerprint density at radius 2 is 1.50 bits per heavy atom. The number of hydrogen-bond acceptors (Lipinski definition) is 4. The molecule has 0 saturated heterocycles. The first kappa shape index (κ1) is 16.8. The van der Waals surface area contributed by atoms with Crippen LogP contribution >= 0.6 is 11.6 Å². The van der Waals surface area contributed by atoms with Crippen LogP contribution in [0.2, 0.25) is 6.04 Å². The van der Waals surface area contributed by atoms with Crippen molar-refractivity contribution < 1.29 is 18.4 Å². The molecule has 0 unspecified atom stereocenters. The molecule has 0 saturated carbocycles. The van der Waals surface area contributed by atoms with E-state index in [-0.39, 0.29) is 6.61 Å². The predicted molar refractivity (Wildman–Crippen MR) is 59.7 cm³/mol. The van der Waals surface area contributed by atoms with E-state index in [2.05, 4.69) is 0 Å². The van der Waals surface area contributed by atoms with E-state index in [1.807, 2.05) is 0 Å². The summed E-state index contributed by atoms with van der Waals surface area (Å²) in [7, 11) is 2.49. The normalized spacial score (nSPS) is 10.7. The van der Waals surface area contributed by atoms with Crippen LogP contribution < -0.4 is 0 Å². The van der Waals surface area contributed by atoms with Crippen molar-refractivity contribution >= 4 is 20.4 Å². The summed E-state index contributed by atoms with van der Waals surface area (Å²) in [5, 5.41) is 7.57. The summed E-state index contributed by atoms with van der Waals surface area (Å²) in [6, 6.07) is 0.778. The molecule has 4 nitrogen and oxygen atoms in total. The van der Waals surface area contributed by atoms with Gasteiger partial charge in [-0.15, -0.1) is 11.6 Å². The van der Waals surface area contributed by atoms with Crippen molar-refractivity contribution in [1.82, 2.24) is 0 Å². The highest BCUT2D eigenvalue weighted by molar-refractivity contribution is 6.60. The molecule has 0 aliphatic carbocycles.